The van der Waals surface area contributed by atoms with Gasteiger partial charge in [0.2, 0.25) is 5.82 Å². The summed E-state index contributed by atoms with van der Waals surface area (Å²) in [5, 5.41) is 22.2. The van der Waals surface area contributed by atoms with E-state index >= 15 is 0 Å². The van der Waals surface area contributed by atoms with Gasteiger partial charge in [0.15, 0.2) is 0 Å². The normalized spacial score (nSPS) is 13.1. The van der Waals surface area contributed by atoms with E-state index in [9.17, 15) is 5.26 Å². The van der Waals surface area contributed by atoms with Crippen molar-refractivity contribution >= 4 is 0 Å². The second-order valence-corrected chi connectivity index (χ2v) is 4.80. The third kappa shape index (κ3) is 3.10. The smallest absolute Gasteiger partial charge is 0.212 e. The highest BCUT2D eigenvalue weighted by atomic mass is 15.1. The Hall–Kier alpha value is -2.63. The van der Waals surface area contributed by atoms with E-state index in [1.807, 2.05) is 36.4 Å². The van der Waals surface area contributed by atoms with Crippen LogP contribution in [0.3, 0.4) is 0 Å². The molecule has 1 N–H and O–H groups in total. The molecule has 0 saturated heterocycles. The highest BCUT2D eigenvalue weighted by molar-refractivity contribution is 5.32. The first-order chi connectivity index (χ1) is 10.3. The molecular formula is C16H17N5. The van der Waals surface area contributed by atoms with Gasteiger partial charge < -0.3 is 4.57 Å². The predicted molar refractivity (Wildman–Crippen MR) is 79.0 cm³/mol. The zero-order chi connectivity index (χ0) is 15.1. The van der Waals surface area contributed by atoms with Crippen LogP contribution in [0.25, 0.3) is 0 Å². The van der Waals surface area contributed by atoms with Gasteiger partial charge in [0.1, 0.15) is 11.6 Å². The molecule has 0 amide bonds. The van der Waals surface area contributed by atoms with Crippen LogP contribution >= 0.6 is 0 Å². The van der Waals surface area contributed by atoms with Crippen molar-refractivity contribution in [3.63, 3.8) is 0 Å². The molecule has 5 heteroatoms. The molecule has 0 saturated carbocycles. The summed E-state index contributed by atoms with van der Waals surface area (Å²) in [4.78, 5) is 3.99. The molecule has 0 aliphatic rings. The second kappa shape index (κ2) is 6.69. The number of hydrogen-bond acceptors (Lipinski definition) is 4. The molecule has 2 aromatic rings. The first kappa shape index (κ1) is 14.8. The van der Waals surface area contributed by atoms with E-state index in [1.165, 1.54) is 0 Å². The van der Waals surface area contributed by atoms with Crippen molar-refractivity contribution in [3.8, 4) is 12.1 Å². The van der Waals surface area contributed by atoms with E-state index in [-0.39, 0.29) is 0 Å². The Labute approximate surface area is 124 Å². The van der Waals surface area contributed by atoms with Gasteiger partial charge in [0.25, 0.3) is 0 Å². The Kier molecular flexibility index (Phi) is 4.71. The number of hydrogen-bond donors (Lipinski definition) is 1. The fourth-order valence-electron chi connectivity index (χ4n) is 2.26. The minimum Gasteiger partial charge on any atom is -0.319 e. The van der Waals surface area contributed by atoms with Gasteiger partial charge in [-0.15, -0.1) is 0 Å². The molecule has 21 heavy (non-hydrogen) atoms. The molecule has 0 aliphatic heterocycles. The van der Waals surface area contributed by atoms with E-state index in [0.717, 1.165) is 18.5 Å². The molecule has 5 nitrogen and oxygen atoms in total. The summed E-state index contributed by atoms with van der Waals surface area (Å²) < 4.78 is 1.71. The van der Waals surface area contributed by atoms with Crippen LogP contribution in [0.2, 0.25) is 0 Å². The summed E-state index contributed by atoms with van der Waals surface area (Å²) in [5.74, 6) is 0.309. The number of nitrogens with zero attached hydrogens (tertiary/aromatic N) is 4. The molecule has 0 fully saturated rings. The Morgan fingerprint density at radius 1 is 1.29 bits per heavy atom. The van der Waals surface area contributed by atoms with Crippen LogP contribution in [-0.2, 0) is 12.1 Å². The predicted octanol–water partition coefficient (Wildman–Crippen LogP) is 2.17. The Bertz CT molecular complexity index is 662. The number of imidazole rings is 1. The van der Waals surface area contributed by atoms with Gasteiger partial charge >= 0.3 is 0 Å². The molecule has 106 valence electrons. The molecule has 1 unspecified atom stereocenters. The minimum absolute atomic E-state index is 0.309. The number of nitriles is 2. The first-order valence-corrected chi connectivity index (χ1v) is 6.89. The van der Waals surface area contributed by atoms with Crippen LogP contribution in [0.1, 0.15) is 24.7 Å². The third-order valence-corrected chi connectivity index (χ3v) is 3.36. The maximum Gasteiger partial charge on any atom is 0.212 e. The highest BCUT2D eigenvalue weighted by Gasteiger charge is 2.32. The Morgan fingerprint density at radius 3 is 2.67 bits per heavy atom. The van der Waals surface area contributed by atoms with Crippen molar-refractivity contribution in [2.45, 2.75) is 25.4 Å². The summed E-state index contributed by atoms with van der Waals surface area (Å²) in [7, 11) is 0. The summed E-state index contributed by atoms with van der Waals surface area (Å²) in [5.41, 5.74) is 0.0161. The van der Waals surface area contributed by atoms with Crippen molar-refractivity contribution < 1.29 is 0 Å². The second-order valence-electron chi connectivity index (χ2n) is 4.80. The van der Waals surface area contributed by atoms with Crippen LogP contribution in [-0.4, -0.2) is 16.1 Å². The molecule has 1 aromatic heterocycles. The molecule has 1 atom stereocenters. The lowest BCUT2D eigenvalue weighted by Crippen LogP contribution is -2.45. The van der Waals surface area contributed by atoms with Gasteiger partial charge in [-0.1, -0.05) is 37.3 Å². The molecular weight excluding hydrogens is 262 g/mol. The minimum atomic E-state index is -0.871. The van der Waals surface area contributed by atoms with Gasteiger partial charge in [0, 0.05) is 12.4 Å². The number of benzene rings is 1. The lowest BCUT2D eigenvalue weighted by Gasteiger charge is -2.29. The maximum atomic E-state index is 9.79. The van der Waals surface area contributed by atoms with Crippen LogP contribution < -0.4 is 5.32 Å². The van der Waals surface area contributed by atoms with Crippen molar-refractivity contribution in [1.82, 2.24) is 14.9 Å². The largest absolute Gasteiger partial charge is 0.319 e. The molecule has 0 spiro atoms. The van der Waals surface area contributed by atoms with Crippen LogP contribution in [0.15, 0.2) is 42.7 Å². The SMILES string of the molecule is CCCNC(C#N)(Cn1ccnc1C#N)c1ccccc1. The van der Waals surface area contributed by atoms with Gasteiger partial charge in [-0.25, -0.2) is 4.98 Å². The van der Waals surface area contributed by atoms with Crippen molar-refractivity contribution in [3.05, 3.63) is 54.1 Å². The maximum absolute atomic E-state index is 9.79. The summed E-state index contributed by atoms with van der Waals surface area (Å²) in [6.45, 7) is 3.12. The van der Waals surface area contributed by atoms with Crippen molar-refractivity contribution in [2.75, 3.05) is 6.54 Å². The molecule has 1 aromatic carbocycles. The molecule has 0 aliphatic carbocycles. The standard InChI is InChI=1S/C16H17N5/c1-2-8-20-16(12-18,14-6-4-3-5-7-14)13-21-10-9-19-15(21)11-17/h3-7,9-10,20H,2,8,13H2,1H3. The molecule has 1 heterocycles. The fourth-order valence-corrected chi connectivity index (χ4v) is 2.26. The van der Waals surface area contributed by atoms with E-state index in [1.54, 1.807) is 17.0 Å². The van der Waals surface area contributed by atoms with Gasteiger partial charge in [0.05, 0.1) is 12.6 Å². The number of rotatable bonds is 6. The number of aromatic nitrogens is 2. The van der Waals surface area contributed by atoms with Crippen LogP contribution in [0, 0.1) is 22.7 Å². The summed E-state index contributed by atoms with van der Waals surface area (Å²) >= 11 is 0. The lowest BCUT2D eigenvalue weighted by molar-refractivity contribution is 0.367. The zero-order valence-corrected chi connectivity index (χ0v) is 12.0. The van der Waals surface area contributed by atoms with E-state index < -0.39 is 5.54 Å². The van der Waals surface area contributed by atoms with Crippen LogP contribution in [0.4, 0.5) is 0 Å². The average Bonchev–Trinajstić information content (AvgIpc) is 2.99. The van der Waals surface area contributed by atoms with Gasteiger partial charge in [-0.3, -0.25) is 5.32 Å². The third-order valence-electron chi connectivity index (χ3n) is 3.36. The van der Waals surface area contributed by atoms with Gasteiger partial charge in [-0.05, 0) is 18.5 Å². The van der Waals surface area contributed by atoms with E-state index in [0.29, 0.717) is 12.4 Å². The zero-order valence-electron chi connectivity index (χ0n) is 12.0. The van der Waals surface area contributed by atoms with Crippen molar-refractivity contribution in [1.29, 1.82) is 10.5 Å². The summed E-state index contributed by atoms with van der Waals surface area (Å²) in [6, 6.07) is 14.0. The quantitative estimate of drug-likeness (QED) is 0.879. The number of nitrogens with one attached hydrogen (secondary N) is 1. The monoisotopic (exact) mass is 279 g/mol. The average molecular weight is 279 g/mol. The molecule has 2 rings (SSSR count). The van der Waals surface area contributed by atoms with E-state index in [4.69, 9.17) is 5.26 Å². The Morgan fingerprint density at radius 2 is 2.05 bits per heavy atom. The molecule has 0 radical (unpaired) electrons. The van der Waals surface area contributed by atoms with E-state index in [2.05, 4.69) is 23.3 Å². The van der Waals surface area contributed by atoms with Crippen molar-refractivity contribution in [2.24, 2.45) is 0 Å². The van der Waals surface area contributed by atoms with Gasteiger partial charge in [-0.2, -0.15) is 10.5 Å². The topological polar surface area (TPSA) is 77.4 Å². The Balaban J connectivity index is 2.41. The lowest BCUT2D eigenvalue weighted by atomic mass is 9.91. The summed E-state index contributed by atoms with van der Waals surface area (Å²) in [6.07, 6.45) is 4.22. The molecule has 0 bridgehead atoms. The first-order valence-electron chi connectivity index (χ1n) is 6.89. The fraction of sp³-hybridized carbons (Fsp3) is 0.312. The highest BCUT2D eigenvalue weighted by Crippen LogP contribution is 2.23. The van der Waals surface area contributed by atoms with Crippen LogP contribution in [0.5, 0.6) is 0 Å².